The van der Waals surface area contributed by atoms with Crippen molar-refractivity contribution in [3.8, 4) is 23.0 Å². The second-order valence-electron chi connectivity index (χ2n) is 10.7. The van der Waals surface area contributed by atoms with Gasteiger partial charge in [-0.25, -0.2) is 0 Å². The minimum atomic E-state index is -0.466. The van der Waals surface area contributed by atoms with Crippen LogP contribution in [0.5, 0.6) is 23.0 Å². The molecule has 1 aliphatic carbocycles. The normalized spacial score (nSPS) is 21.5. The number of methoxy groups -OCH3 is 2. The van der Waals surface area contributed by atoms with Crippen molar-refractivity contribution in [3.05, 3.63) is 47.5 Å². The molecule has 214 valence electrons. The molecule has 10 heteroatoms. The highest BCUT2D eigenvalue weighted by Crippen LogP contribution is 2.31. The minimum Gasteiger partial charge on any atom is -0.497 e. The monoisotopic (exact) mass is 551 g/mol. The maximum atomic E-state index is 13.4. The summed E-state index contributed by atoms with van der Waals surface area (Å²) in [5.41, 5.74) is 1.09. The number of benzene rings is 2. The van der Waals surface area contributed by atoms with Crippen LogP contribution in [0, 0.1) is 5.92 Å². The third-order valence-electron chi connectivity index (χ3n) is 7.95. The van der Waals surface area contributed by atoms with Crippen LogP contribution in [0.1, 0.15) is 54.4 Å². The van der Waals surface area contributed by atoms with Crippen LogP contribution in [0.4, 0.5) is 0 Å². The number of carbonyl (C=O) groups is 3. The molecule has 2 aromatic rings. The van der Waals surface area contributed by atoms with E-state index in [9.17, 15) is 14.4 Å². The third-order valence-corrected chi connectivity index (χ3v) is 7.95. The van der Waals surface area contributed by atoms with Crippen LogP contribution >= 0.6 is 0 Å². The first-order valence-corrected chi connectivity index (χ1v) is 13.9. The first kappa shape index (κ1) is 27.6. The number of carbonyl (C=O) groups excluding carboxylic acids is 3. The highest BCUT2D eigenvalue weighted by atomic mass is 16.5. The number of nitrogens with zero attached hydrogens (tertiary/aromatic N) is 1. The molecular formula is C30H37N3O7. The number of ether oxygens (including phenoxy) is 4. The second-order valence-corrected chi connectivity index (χ2v) is 10.7. The van der Waals surface area contributed by atoms with Gasteiger partial charge in [-0.05, 0) is 36.6 Å². The lowest BCUT2D eigenvalue weighted by molar-refractivity contribution is -0.130. The maximum Gasteiger partial charge on any atom is 0.258 e. The van der Waals surface area contributed by atoms with Gasteiger partial charge in [0.15, 0.2) is 6.61 Å². The molecule has 4 bridgehead atoms. The first-order valence-electron chi connectivity index (χ1n) is 13.9. The van der Waals surface area contributed by atoms with E-state index in [-0.39, 0.29) is 30.9 Å². The Morgan fingerprint density at radius 1 is 1.02 bits per heavy atom. The average Bonchev–Trinajstić information content (AvgIpc) is 3.63. The van der Waals surface area contributed by atoms with Gasteiger partial charge in [0.1, 0.15) is 29.1 Å². The smallest absolute Gasteiger partial charge is 0.258 e. The fourth-order valence-electron chi connectivity index (χ4n) is 5.69. The highest BCUT2D eigenvalue weighted by Gasteiger charge is 2.38. The number of hydrogen-bond donors (Lipinski definition) is 2. The zero-order valence-corrected chi connectivity index (χ0v) is 23.1. The molecule has 4 aliphatic rings. The van der Waals surface area contributed by atoms with Gasteiger partial charge in [0, 0.05) is 42.8 Å². The number of hydrogen-bond acceptors (Lipinski definition) is 7. The summed E-state index contributed by atoms with van der Waals surface area (Å²) in [6, 6.07) is 9.74. The quantitative estimate of drug-likeness (QED) is 0.587. The number of nitrogens with one attached hydrogen (secondary N) is 2. The van der Waals surface area contributed by atoms with Gasteiger partial charge in [-0.2, -0.15) is 0 Å². The molecule has 3 heterocycles. The summed E-state index contributed by atoms with van der Waals surface area (Å²) in [6.07, 6.45) is 5.84. The van der Waals surface area contributed by atoms with Crippen molar-refractivity contribution in [1.29, 1.82) is 0 Å². The van der Waals surface area contributed by atoms with Crippen LogP contribution < -0.4 is 29.6 Å². The molecule has 1 saturated heterocycles. The van der Waals surface area contributed by atoms with Crippen molar-refractivity contribution in [2.45, 2.75) is 57.2 Å². The van der Waals surface area contributed by atoms with Crippen molar-refractivity contribution in [3.63, 3.8) is 0 Å². The van der Waals surface area contributed by atoms with E-state index in [1.807, 2.05) is 6.07 Å². The van der Waals surface area contributed by atoms with E-state index >= 15 is 0 Å². The van der Waals surface area contributed by atoms with Crippen molar-refractivity contribution in [1.82, 2.24) is 15.5 Å². The van der Waals surface area contributed by atoms with Crippen molar-refractivity contribution in [2.24, 2.45) is 5.92 Å². The molecule has 3 amide bonds. The predicted octanol–water partition coefficient (Wildman–Crippen LogP) is 3.07. The van der Waals surface area contributed by atoms with E-state index in [0.717, 1.165) is 12.0 Å². The van der Waals surface area contributed by atoms with Crippen LogP contribution in [0.15, 0.2) is 36.4 Å². The Balaban J connectivity index is 1.41. The lowest BCUT2D eigenvalue weighted by atomic mass is 10.0. The predicted molar refractivity (Wildman–Crippen MR) is 147 cm³/mol. The molecule has 0 spiro atoms. The molecule has 1 saturated carbocycles. The summed E-state index contributed by atoms with van der Waals surface area (Å²) in [4.78, 5) is 40.8. The zero-order chi connectivity index (χ0) is 28.1. The van der Waals surface area contributed by atoms with Gasteiger partial charge >= 0.3 is 0 Å². The van der Waals surface area contributed by atoms with Gasteiger partial charge in [-0.15, -0.1) is 0 Å². The number of fused-ring (bicyclic) bond motifs is 7. The van der Waals surface area contributed by atoms with Gasteiger partial charge in [0.25, 0.3) is 11.8 Å². The molecule has 10 nitrogen and oxygen atoms in total. The molecule has 6 rings (SSSR count). The molecule has 40 heavy (non-hydrogen) atoms. The SMILES string of the molecule is COc1cc2cc(c1)C(=O)N[C@H]1CN(C(=O)CCC3CCCC3)C[C@@H]1Oc1ccc(c(OC)c1)CNC(=O)CO2. The van der Waals surface area contributed by atoms with Gasteiger partial charge in [0.2, 0.25) is 5.91 Å². The first-order chi connectivity index (χ1) is 19.4. The summed E-state index contributed by atoms with van der Waals surface area (Å²) in [7, 11) is 3.05. The highest BCUT2D eigenvalue weighted by molar-refractivity contribution is 5.95. The molecule has 2 aromatic carbocycles. The summed E-state index contributed by atoms with van der Waals surface area (Å²) in [5.74, 6) is 1.88. The second kappa shape index (κ2) is 12.5. The van der Waals surface area contributed by atoms with Gasteiger partial charge in [0.05, 0.1) is 26.8 Å². The molecule has 0 radical (unpaired) electrons. The standard InChI is InChI=1S/C30H37N3O7/c1-37-23-11-21-12-24(13-23)39-18-28(34)31-15-20-8-9-22(14-26(20)38-2)40-27-17-33(16-25(27)32-30(21)36)29(35)10-7-19-5-3-4-6-19/h8-9,11-14,19,25,27H,3-7,10,15-18H2,1-2H3,(H,31,34)(H,32,36)/t25-,27-/m0/s1. The van der Waals surface area contributed by atoms with Crippen LogP contribution in [0.25, 0.3) is 0 Å². The lowest BCUT2D eigenvalue weighted by Gasteiger charge is -2.22. The summed E-state index contributed by atoms with van der Waals surface area (Å²) < 4.78 is 23.0. The summed E-state index contributed by atoms with van der Waals surface area (Å²) in [5, 5.41) is 5.89. The van der Waals surface area contributed by atoms with E-state index in [1.54, 1.807) is 42.3 Å². The van der Waals surface area contributed by atoms with Gasteiger partial charge < -0.3 is 34.5 Å². The Hall–Kier alpha value is -3.95. The van der Waals surface area contributed by atoms with Crippen LogP contribution in [0.2, 0.25) is 0 Å². The fourth-order valence-corrected chi connectivity index (χ4v) is 5.69. The van der Waals surface area contributed by atoms with E-state index in [4.69, 9.17) is 18.9 Å². The van der Waals surface area contributed by atoms with Crippen molar-refractivity contribution >= 4 is 17.7 Å². The largest absolute Gasteiger partial charge is 0.497 e. The third kappa shape index (κ3) is 6.60. The lowest BCUT2D eigenvalue weighted by Crippen LogP contribution is -2.45. The number of amides is 3. The van der Waals surface area contributed by atoms with Crippen molar-refractivity contribution < 1.29 is 33.3 Å². The number of likely N-dealkylation sites (tertiary alicyclic amines) is 1. The van der Waals surface area contributed by atoms with Gasteiger partial charge in [-0.3, -0.25) is 14.4 Å². The van der Waals surface area contributed by atoms with E-state index < -0.39 is 12.1 Å². The van der Waals surface area contributed by atoms with Crippen molar-refractivity contribution in [2.75, 3.05) is 33.9 Å². The maximum absolute atomic E-state index is 13.4. The Kier molecular flexibility index (Phi) is 8.62. The topological polar surface area (TPSA) is 115 Å². The zero-order valence-electron chi connectivity index (χ0n) is 23.1. The van der Waals surface area contributed by atoms with E-state index in [0.29, 0.717) is 54.0 Å². The Labute approximate surface area is 234 Å². The Bertz CT molecular complexity index is 1240. The molecule has 0 aromatic heterocycles. The Morgan fingerprint density at radius 2 is 1.85 bits per heavy atom. The molecular weight excluding hydrogens is 514 g/mol. The van der Waals surface area contributed by atoms with Crippen LogP contribution in [-0.4, -0.2) is 68.7 Å². The Morgan fingerprint density at radius 3 is 2.62 bits per heavy atom. The molecule has 0 unspecified atom stereocenters. The molecule has 2 fully saturated rings. The molecule has 2 atom stereocenters. The fraction of sp³-hybridized carbons (Fsp3) is 0.500. The summed E-state index contributed by atoms with van der Waals surface area (Å²) >= 11 is 0. The van der Waals surface area contributed by atoms with E-state index in [1.165, 1.54) is 32.8 Å². The van der Waals surface area contributed by atoms with Crippen LogP contribution in [-0.2, 0) is 16.1 Å². The molecule has 2 N–H and O–H groups in total. The average molecular weight is 552 g/mol. The molecule has 3 aliphatic heterocycles. The van der Waals surface area contributed by atoms with Gasteiger partial charge in [-0.1, -0.05) is 25.7 Å². The number of rotatable bonds is 5. The van der Waals surface area contributed by atoms with Crippen LogP contribution in [0.3, 0.4) is 0 Å². The summed E-state index contributed by atoms with van der Waals surface area (Å²) in [6.45, 7) is 0.715. The minimum absolute atomic E-state index is 0.0835. The van der Waals surface area contributed by atoms with E-state index in [2.05, 4.69) is 10.6 Å².